The van der Waals surface area contributed by atoms with Gasteiger partial charge in [-0.1, -0.05) is 0 Å². The van der Waals surface area contributed by atoms with E-state index in [2.05, 4.69) is 15.5 Å². The van der Waals surface area contributed by atoms with Gasteiger partial charge in [0.1, 0.15) is 0 Å². The van der Waals surface area contributed by atoms with Crippen molar-refractivity contribution in [1.29, 1.82) is 0 Å². The van der Waals surface area contributed by atoms with Gasteiger partial charge >= 0.3 is 0 Å². The molecule has 0 fully saturated rings. The van der Waals surface area contributed by atoms with Crippen molar-refractivity contribution in [2.75, 3.05) is 33.9 Å². The Bertz CT molecular complexity index is 416. The maximum Gasteiger partial charge on any atom is 0.257 e. The number of aromatic amines is 1. The summed E-state index contributed by atoms with van der Waals surface area (Å²) in [6.07, 6.45) is 1.46. The molecule has 0 aliphatic carbocycles. The Morgan fingerprint density at radius 1 is 1.56 bits per heavy atom. The smallest absolute Gasteiger partial charge is 0.257 e. The van der Waals surface area contributed by atoms with E-state index in [4.69, 9.17) is 4.74 Å². The molecule has 0 radical (unpaired) electrons. The minimum absolute atomic E-state index is 0.00711. The van der Waals surface area contributed by atoms with Gasteiger partial charge in [0, 0.05) is 26.4 Å². The molecule has 1 aromatic rings. The van der Waals surface area contributed by atoms with Gasteiger partial charge in [-0.05, 0) is 6.92 Å². The summed E-state index contributed by atoms with van der Waals surface area (Å²) in [6, 6.07) is 0. The highest BCUT2D eigenvalue weighted by Gasteiger charge is 2.17. The van der Waals surface area contributed by atoms with E-state index in [1.165, 1.54) is 11.1 Å². The molecule has 0 aliphatic heterocycles. The second-order valence-electron chi connectivity index (χ2n) is 3.91. The lowest BCUT2D eigenvalue weighted by Gasteiger charge is -2.16. The lowest BCUT2D eigenvalue weighted by atomic mass is 10.2. The molecule has 0 unspecified atom stereocenters. The van der Waals surface area contributed by atoms with E-state index in [9.17, 15) is 9.59 Å². The molecule has 0 aromatic carbocycles. The Hall–Kier alpha value is -1.89. The summed E-state index contributed by atoms with van der Waals surface area (Å²) in [5.74, 6) is -0.452. The van der Waals surface area contributed by atoms with Crippen LogP contribution < -0.4 is 5.32 Å². The number of hydrogen-bond donors (Lipinski definition) is 2. The zero-order chi connectivity index (χ0) is 13.5. The van der Waals surface area contributed by atoms with Crippen molar-refractivity contribution in [2.45, 2.75) is 6.92 Å². The monoisotopic (exact) mass is 254 g/mol. The molecule has 0 aliphatic rings. The molecular formula is C11H18N4O3. The Labute approximate surface area is 105 Å². The van der Waals surface area contributed by atoms with Gasteiger partial charge in [-0.2, -0.15) is 5.10 Å². The summed E-state index contributed by atoms with van der Waals surface area (Å²) in [7, 11) is 3.13. The summed E-state index contributed by atoms with van der Waals surface area (Å²) >= 11 is 0. The van der Waals surface area contributed by atoms with E-state index < -0.39 is 0 Å². The number of aromatic nitrogens is 2. The summed E-state index contributed by atoms with van der Waals surface area (Å²) in [5, 5.41) is 9.11. The zero-order valence-corrected chi connectivity index (χ0v) is 10.8. The zero-order valence-electron chi connectivity index (χ0n) is 10.8. The highest BCUT2D eigenvalue weighted by molar-refractivity contribution is 5.96. The first-order valence-corrected chi connectivity index (χ1v) is 5.57. The predicted molar refractivity (Wildman–Crippen MR) is 65.2 cm³/mol. The average molecular weight is 254 g/mol. The lowest BCUT2D eigenvalue weighted by Crippen LogP contribution is -2.39. The minimum atomic E-state index is -0.233. The third kappa shape index (κ3) is 3.85. The first kappa shape index (κ1) is 14.2. The van der Waals surface area contributed by atoms with E-state index in [1.807, 2.05) is 0 Å². The first-order valence-electron chi connectivity index (χ1n) is 5.57. The molecular weight excluding hydrogens is 236 g/mol. The predicted octanol–water partition coefficient (Wildman–Crippen LogP) is -0.447. The number of carbonyl (C=O) groups is 2. The van der Waals surface area contributed by atoms with Gasteiger partial charge in [0.25, 0.3) is 5.91 Å². The van der Waals surface area contributed by atoms with Crippen LogP contribution in [0.1, 0.15) is 16.1 Å². The number of ether oxygens (including phenoxy) is 1. The van der Waals surface area contributed by atoms with E-state index >= 15 is 0 Å². The molecule has 0 atom stereocenters. The molecule has 100 valence electrons. The van der Waals surface area contributed by atoms with Gasteiger partial charge in [0.05, 0.1) is 24.9 Å². The molecule has 0 saturated carbocycles. The third-order valence-electron chi connectivity index (χ3n) is 2.42. The number of rotatable bonds is 6. The number of hydrogen-bond acceptors (Lipinski definition) is 4. The topological polar surface area (TPSA) is 87.3 Å². The van der Waals surface area contributed by atoms with Crippen LogP contribution in [0.3, 0.4) is 0 Å². The second kappa shape index (κ2) is 6.75. The van der Waals surface area contributed by atoms with Crippen LogP contribution in [0.25, 0.3) is 0 Å². The molecule has 2 amide bonds. The summed E-state index contributed by atoms with van der Waals surface area (Å²) in [5.41, 5.74) is 1.16. The standard InChI is InChI=1S/C11H18N4O3/c1-8-9(6-13-14-8)11(17)15(2)7-10(16)12-4-5-18-3/h6H,4-5,7H2,1-3H3,(H,12,16)(H,13,14). The third-order valence-corrected chi connectivity index (χ3v) is 2.42. The Morgan fingerprint density at radius 2 is 2.28 bits per heavy atom. The van der Waals surface area contributed by atoms with Gasteiger partial charge in [0.15, 0.2) is 0 Å². The maximum atomic E-state index is 12.0. The summed E-state index contributed by atoms with van der Waals surface area (Å²) < 4.78 is 4.81. The average Bonchev–Trinajstić information content (AvgIpc) is 2.74. The number of nitrogens with zero attached hydrogens (tertiary/aromatic N) is 2. The van der Waals surface area contributed by atoms with E-state index in [0.717, 1.165) is 0 Å². The molecule has 1 heterocycles. The maximum absolute atomic E-state index is 12.0. The van der Waals surface area contributed by atoms with Crippen LogP contribution in [-0.4, -0.2) is 60.8 Å². The summed E-state index contributed by atoms with van der Waals surface area (Å²) in [6.45, 7) is 2.65. The molecule has 0 bridgehead atoms. The number of nitrogens with one attached hydrogen (secondary N) is 2. The van der Waals surface area contributed by atoms with Crippen LogP contribution in [0, 0.1) is 6.92 Å². The number of methoxy groups -OCH3 is 1. The molecule has 0 saturated heterocycles. The van der Waals surface area contributed by atoms with Crippen LogP contribution in [0.2, 0.25) is 0 Å². The van der Waals surface area contributed by atoms with Crippen molar-refractivity contribution in [3.8, 4) is 0 Å². The Kier molecular flexibility index (Phi) is 5.31. The van der Waals surface area contributed by atoms with Gasteiger partial charge in [-0.15, -0.1) is 0 Å². The molecule has 0 spiro atoms. The molecule has 18 heavy (non-hydrogen) atoms. The highest BCUT2D eigenvalue weighted by atomic mass is 16.5. The number of amides is 2. The van der Waals surface area contributed by atoms with E-state index in [-0.39, 0.29) is 18.4 Å². The molecule has 2 N–H and O–H groups in total. The van der Waals surface area contributed by atoms with Crippen molar-refractivity contribution in [3.63, 3.8) is 0 Å². The van der Waals surface area contributed by atoms with Crippen molar-refractivity contribution in [2.24, 2.45) is 0 Å². The van der Waals surface area contributed by atoms with Crippen molar-refractivity contribution < 1.29 is 14.3 Å². The van der Waals surface area contributed by atoms with Crippen LogP contribution in [0.5, 0.6) is 0 Å². The van der Waals surface area contributed by atoms with Crippen LogP contribution in [0.4, 0.5) is 0 Å². The SMILES string of the molecule is COCCNC(=O)CN(C)C(=O)c1cn[nH]c1C. The number of H-pyrrole nitrogens is 1. The van der Waals surface area contributed by atoms with Crippen molar-refractivity contribution in [1.82, 2.24) is 20.4 Å². The second-order valence-corrected chi connectivity index (χ2v) is 3.91. The number of likely N-dealkylation sites (N-methyl/N-ethyl adjacent to an activating group) is 1. The Balaban J connectivity index is 2.45. The van der Waals surface area contributed by atoms with Crippen LogP contribution in [0.15, 0.2) is 6.20 Å². The van der Waals surface area contributed by atoms with Gasteiger partial charge in [0.2, 0.25) is 5.91 Å². The van der Waals surface area contributed by atoms with E-state index in [0.29, 0.717) is 24.4 Å². The highest BCUT2D eigenvalue weighted by Crippen LogP contribution is 2.05. The summed E-state index contributed by atoms with van der Waals surface area (Å²) in [4.78, 5) is 24.8. The molecule has 1 rings (SSSR count). The number of aryl methyl sites for hydroxylation is 1. The van der Waals surface area contributed by atoms with Crippen molar-refractivity contribution in [3.05, 3.63) is 17.5 Å². The molecule has 1 aromatic heterocycles. The van der Waals surface area contributed by atoms with Gasteiger partial charge in [-0.3, -0.25) is 14.7 Å². The normalized spacial score (nSPS) is 10.2. The fourth-order valence-electron chi connectivity index (χ4n) is 1.41. The number of carbonyl (C=O) groups excluding carboxylic acids is 2. The fraction of sp³-hybridized carbons (Fsp3) is 0.545. The fourth-order valence-corrected chi connectivity index (χ4v) is 1.41. The van der Waals surface area contributed by atoms with Crippen molar-refractivity contribution >= 4 is 11.8 Å². The Morgan fingerprint density at radius 3 is 2.83 bits per heavy atom. The molecule has 7 nitrogen and oxygen atoms in total. The molecule has 7 heteroatoms. The van der Waals surface area contributed by atoms with Gasteiger partial charge < -0.3 is 15.0 Å². The minimum Gasteiger partial charge on any atom is -0.383 e. The van der Waals surface area contributed by atoms with Gasteiger partial charge in [-0.25, -0.2) is 0 Å². The lowest BCUT2D eigenvalue weighted by molar-refractivity contribution is -0.121. The van der Waals surface area contributed by atoms with E-state index in [1.54, 1.807) is 21.1 Å². The van der Waals surface area contributed by atoms with Crippen LogP contribution in [-0.2, 0) is 9.53 Å². The quantitative estimate of drug-likeness (QED) is 0.673. The van der Waals surface area contributed by atoms with Crippen LogP contribution >= 0.6 is 0 Å². The first-order chi connectivity index (χ1) is 8.56. The largest absolute Gasteiger partial charge is 0.383 e.